The van der Waals surface area contributed by atoms with Gasteiger partial charge in [-0.2, -0.15) is 0 Å². The SMILES string of the molecule is C=CCCCCNC(=O)c1cnc(OC2CN(C(C)(C)C)C(=C)O2)s1.Cl. The minimum absolute atomic E-state index is 0. The summed E-state index contributed by atoms with van der Waals surface area (Å²) in [4.78, 5) is 18.8. The van der Waals surface area contributed by atoms with Gasteiger partial charge in [0.1, 0.15) is 4.88 Å². The molecule has 1 amide bonds. The van der Waals surface area contributed by atoms with Gasteiger partial charge in [-0.1, -0.05) is 17.4 Å². The minimum atomic E-state index is -0.465. The Morgan fingerprint density at radius 1 is 1.54 bits per heavy atom. The minimum Gasteiger partial charge on any atom is -0.438 e. The maximum Gasteiger partial charge on any atom is 0.277 e. The summed E-state index contributed by atoms with van der Waals surface area (Å²) in [5.41, 5.74) is -0.0886. The van der Waals surface area contributed by atoms with Crippen LogP contribution in [-0.4, -0.2) is 40.7 Å². The number of nitrogens with zero attached hydrogens (tertiary/aromatic N) is 2. The van der Waals surface area contributed by atoms with Crippen LogP contribution in [0.1, 0.15) is 49.7 Å². The number of carbonyl (C=O) groups excluding carboxylic acids is 1. The molecule has 1 unspecified atom stereocenters. The zero-order chi connectivity index (χ0) is 18.4. The van der Waals surface area contributed by atoms with Crippen molar-refractivity contribution in [1.82, 2.24) is 15.2 Å². The van der Waals surface area contributed by atoms with Crippen molar-refractivity contribution in [3.63, 3.8) is 0 Å². The second-order valence-corrected chi connectivity index (χ2v) is 7.86. The van der Waals surface area contributed by atoms with Gasteiger partial charge in [0, 0.05) is 12.1 Å². The van der Waals surface area contributed by atoms with E-state index in [1.54, 1.807) is 0 Å². The molecule has 1 saturated heterocycles. The molecule has 1 aromatic rings. The summed E-state index contributed by atoms with van der Waals surface area (Å²) >= 11 is 1.22. The van der Waals surface area contributed by atoms with E-state index in [2.05, 4.69) is 44.2 Å². The molecule has 146 valence electrons. The number of aromatic nitrogens is 1. The normalized spacial score (nSPS) is 16.7. The van der Waals surface area contributed by atoms with Crippen molar-refractivity contribution in [2.24, 2.45) is 0 Å². The Morgan fingerprint density at radius 3 is 2.88 bits per heavy atom. The number of allylic oxidation sites excluding steroid dienone is 1. The number of hydrogen-bond acceptors (Lipinski definition) is 6. The molecule has 0 bridgehead atoms. The van der Waals surface area contributed by atoms with Gasteiger partial charge in [0.25, 0.3) is 17.4 Å². The van der Waals surface area contributed by atoms with E-state index in [4.69, 9.17) is 9.47 Å². The highest BCUT2D eigenvalue weighted by atomic mass is 35.5. The third-order valence-electron chi connectivity index (χ3n) is 3.77. The monoisotopic (exact) mass is 401 g/mol. The fraction of sp³-hybridized carbons (Fsp3) is 0.556. The summed E-state index contributed by atoms with van der Waals surface area (Å²) in [6, 6.07) is 0. The fourth-order valence-electron chi connectivity index (χ4n) is 2.45. The summed E-state index contributed by atoms with van der Waals surface area (Å²) in [7, 11) is 0. The van der Waals surface area contributed by atoms with Crippen LogP contribution in [0.15, 0.2) is 31.3 Å². The van der Waals surface area contributed by atoms with Gasteiger partial charge in [0.15, 0.2) is 5.88 Å². The summed E-state index contributed by atoms with van der Waals surface area (Å²) in [6.07, 6.45) is 5.87. The van der Waals surface area contributed by atoms with Gasteiger partial charge in [0.05, 0.1) is 12.7 Å². The number of amides is 1. The van der Waals surface area contributed by atoms with Gasteiger partial charge in [-0.15, -0.1) is 19.0 Å². The van der Waals surface area contributed by atoms with Crippen LogP contribution in [0.5, 0.6) is 5.19 Å². The van der Waals surface area contributed by atoms with E-state index >= 15 is 0 Å². The molecule has 6 nitrogen and oxygen atoms in total. The predicted octanol–water partition coefficient (Wildman–Crippen LogP) is 3.96. The highest BCUT2D eigenvalue weighted by molar-refractivity contribution is 7.15. The molecular weight excluding hydrogens is 374 g/mol. The summed E-state index contributed by atoms with van der Waals surface area (Å²) < 4.78 is 11.4. The molecule has 0 spiro atoms. The van der Waals surface area contributed by atoms with E-state index in [1.807, 2.05) is 11.0 Å². The Bertz CT molecular complexity index is 627. The van der Waals surface area contributed by atoms with Crippen molar-refractivity contribution in [1.29, 1.82) is 0 Å². The quantitative estimate of drug-likeness (QED) is 0.527. The van der Waals surface area contributed by atoms with Gasteiger partial charge in [-0.3, -0.25) is 4.79 Å². The molecule has 1 atom stereocenters. The number of rotatable bonds is 8. The van der Waals surface area contributed by atoms with Crippen LogP contribution in [0.4, 0.5) is 0 Å². The lowest BCUT2D eigenvalue weighted by Crippen LogP contribution is -2.39. The topological polar surface area (TPSA) is 63.7 Å². The second-order valence-electron chi connectivity index (χ2n) is 6.87. The van der Waals surface area contributed by atoms with E-state index in [0.29, 0.717) is 29.0 Å². The number of hydrogen-bond donors (Lipinski definition) is 1. The van der Waals surface area contributed by atoms with Gasteiger partial charge < -0.3 is 19.7 Å². The molecule has 1 aromatic heterocycles. The third kappa shape index (κ3) is 6.21. The van der Waals surface area contributed by atoms with E-state index in [9.17, 15) is 4.79 Å². The zero-order valence-electron chi connectivity index (χ0n) is 15.6. The maximum atomic E-state index is 12.1. The summed E-state index contributed by atoms with van der Waals surface area (Å²) in [5, 5.41) is 3.31. The average molecular weight is 402 g/mol. The smallest absolute Gasteiger partial charge is 0.277 e. The number of thiazole rings is 1. The summed E-state index contributed by atoms with van der Waals surface area (Å²) in [6.45, 7) is 15.1. The highest BCUT2D eigenvalue weighted by Gasteiger charge is 2.35. The first kappa shape index (κ1) is 22.3. The lowest BCUT2D eigenvalue weighted by molar-refractivity contribution is -0.00479. The number of unbranched alkanes of at least 4 members (excludes halogenated alkanes) is 2. The number of nitrogens with one attached hydrogen (secondary N) is 1. The molecule has 0 aliphatic carbocycles. The Hall–Kier alpha value is -1.73. The first-order valence-electron chi connectivity index (χ1n) is 8.46. The van der Waals surface area contributed by atoms with Gasteiger partial charge in [-0.25, -0.2) is 4.98 Å². The summed E-state index contributed by atoms with van der Waals surface area (Å²) in [5.74, 6) is 0.463. The standard InChI is InChI=1S/C18H27N3O3S.ClH/c1-6-7-8-9-10-19-16(22)14-11-20-17(25-14)24-15-12-21(13(2)23-15)18(3,4)5;/h6,11,15H,1-2,7-10,12H2,3-5H3,(H,19,22);1H. The van der Waals surface area contributed by atoms with E-state index in [-0.39, 0.29) is 23.9 Å². The Balaban J connectivity index is 0.00000338. The van der Waals surface area contributed by atoms with Gasteiger partial charge >= 0.3 is 0 Å². The van der Waals surface area contributed by atoms with Crippen molar-refractivity contribution >= 4 is 29.7 Å². The molecule has 1 N–H and O–H groups in total. The Morgan fingerprint density at radius 2 is 2.27 bits per heavy atom. The first-order valence-corrected chi connectivity index (χ1v) is 9.27. The van der Waals surface area contributed by atoms with E-state index in [0.717, 1.165) is 19.3 Å². The van der Waals surface area contributed by atoms with Crippen LogP contribution in [0.3, 0.4) is 0 Å². The second kappa shape index (κ2) is 9.83. The van der Waals surface area contributed by atoms with Crippen LogP contribution < -0.4 is 10.1 Å². The molecule has 0 radical (unpaired) electrons. The Kier molecular flexibility index (Phi) is 8.43. The lowest BCUT2D eigenvalue weighted by atomic mass is 10.1. The van der Waals surface area contributed by atoms with Gasteiger partial charge in [0.2, 0.25) is 0 Å². The van der Waals surface area contributed by atoms with Crippen molar-refractivity contribution in [2.75, 3.05) is 13.1 Å². The van der Waals surface area contributed by atoms with E-state index < -0.39 is 6.29 Å². The van der Waals surface area contributed by atoms with Crippen LogP contribution >= 0.6 is 23.7 Å². The van der Waals surface area contributed by atoms with Crippen molar-refractivity contribution in [3.8, 4) is 5.19 Å². The molecule has 26 heavy (non-hydrogen) atoms. The maximum absolute atomic E-state index is 12.1. The molecule has 0 saturated carbocycles. The van der Waals surface area contributed by atoms with Crippen LogP contribution in [-0.2, 0) is 4.74 Å². The number of halogens is 1. The molecule has 1 fully saturated rings. The highest BCUT2D eigenvalue weighted by Crippen LogP contribution is 2.30. The molecule has 2 rings (SSSR count). The van der Waals surface area contributed by atoms with Crippen molar-refractivity contribution < 1.29 is 14.3 Å². The average Bonchev–Trinajstić information content (AvgIpc) is 3.13. The fourth-order valence-corrected chi connectivity index (χ4v) is 3.16. The third-order valence-corrected chi connectivity index (χ3v) is 4.66. The van der Waals surface area contributed by atoms with Crippen LogP contribution in [0.2, 0.25) is 0 Å². The number of carbonyl (C=O) groups is 1. The first-order chi connectivity index (χ1) is 11.8. The molecule has 1 aliphatic rings. The van der Waals surface area contributed by atoms with E-state index in [1.165, 1.54) is 17.5 Å². The lowest BCUT2D eigenvalue weighted by Gasteiger charge is -2.31. The van der Waals surface area contributed by atoms with Crippen LogP contribution in [0, 0.1) is 0 Å². The molecule has 1 aliphatic heterocycles. The molecule has 8 heteroatoms. The van der Waals surface area contributed by atoms with Crippen molar-refractivity contribution in [2.45, 2.75) is 51.9 Å². The molecule has 2 heterocycles. The predicted molar refractivity (Wildman–Crippen MR) is 107 cm³/mol. The largest absolute Gasteiger partial charge is 0.438 e. The molecular formula is C18H28ClN3O3S. The Labute approximate surface area is 165 Å². The van der Waals surface area contributed by atoms with Gasteiger partial charge in [-0.05, 0) is 46.6 Å². The molecule has 0 aromatic carbocycles. The zero-order valence-corrected chi connectivity index (χ0v) is 17.3. The van der Waals surface area contributed by atoms with Crippen LogP contribution in [0.25, 0.3) is 0 Å². The van der Waals surface area contributed by atoms with Crippen molar-refractivity contribution in [3.05, 3.63) is 36.2 Å². The number of ether oxygens (including phenoxy) is 2.